The Kier molecular flexibility index (Phi) is 71.8. The van der Waals surface area contributed by atoms with Gasteiger partial charge in [0, 0.05) is 0 Å². The molecule has 0 saturated carbocycles. The molecular weight excluding hydrogens is 1020 g/mol. The van der Waals surface area contributed by atoms with Crippen molar-refractivity contribution in [3.63, 3.8) is 0 Å². The van der Waals surface area contributed by atoms with E-state index in [-0.39, 0.29) is 11.1 Å². The van der Waals surface area contributed by atoms with Gasteiger partial charge in [-0.3, -0.25) is 0 Å². The molecule has 0 aliphatic rings. The first kappa shape index (κ1) is 67.8. The molecule has 56 heavy (non-hydrogen) atoms. The van der Waals surface area contributed by atoms with Crippen LogP contribution < -0.4 is 15.3 Å². The molecule has 0 bridgehead atoms. The summed E-state index contributed by atoms with van der Waals surface area (Å²) in [5.41, 5.74) is 0.130. The van der Waals surface area contributed by atoms with Crippen molar-refractivity contribution in [1.82, 2.24) is 0 Å². The minimum atomic E-state index is -1.23. The predicted octanol–water partition coefficient (Wildman–Crippen LogP) is 12.2. The molecule has 0 heterocycles. The van der Waals surface area contributed by atoms with Crippen LogP contribution in [-0.2, 0) is 14.4 Å². The molecule has 0 aliphatic carbocycles. The third-order valence-corrected chi connectivity index (χ3v) is 36.1. The van der Waals surface area contributed by atoms with Crippen molar-refractivity contribution in [2.45, 2.75) is 232 Å². The predicted molar refractivity (Wildman–Crippen MR) is 250 cm³/mol. The fourth-order valence-corrected chi connectivity index (χ4v) is 33.3. The average molecular weight is 1110 g/mol. The Labute approximate surface area is 372 Å². The van der Waals surface area contributed by atoms with Crippen molar-refractivity contribution in [3.8, 4) is 0 Å². The monoisotopic (exact) mass is 1110 g/mol. The van der Waals surface area contributed by atoms with Gasteiger partial charge in [0.05, 0.1) is 17.9 Å². The van der Waals surface area contributed by atoms with E-state index in [0.717, 1.165) is 6.08 Å². The van der Waals surface area contributed by atoms with Gasteiger partial charge in [0.25, 0.3) is 0 Å². The van der Waals surface area contributed by atoms with Gasteiger partial charge in [-0.25, -0.2) is 0 Å². The van der Waals surface area contributed by atoms with Gasteiger partial charge in [-0.05, 0) is 31.1 Å². The Morgan fingerprint density at radius 1 is 0.393 bits per heavy atom. The van der Waals surface area contributed by atoms with Crippen molar-refractivity contribution in [1.29, 1.82) is 0 Å². The quantitative estimate of drug-likeness (QED) is 0.0522. The summed E-state index contributed by atoms with van der Waals surface area (Å²) in [5.74, 6) is -3.60. The molecule has 0 amide bonds. The molecule has 0 atom stereocenters. The second-order valence-corrected chi connectivity index (χ2v) is 40.5. The first-order valence-corrected chi connectivity index (χ1v) is 40.8. The first-order valence-electron chi connectivity index (χ1n) is 22.7. The fourth-order valence-electron chi connectivity index (χ4n) is 4.97. The SMILES string of the molecule is C=C(C)C(=O)[O-].C=C(C)C(=O)[O-].C=CC(=O)[O-].CCC[CH2][Sn+]([CH2]CCC)[CH2]CCC.CCC[CH2][Sn+]([CH2]CCC)[CH2]CCC.CCC[CH2][Sn+]([CH2]CCC)[CH2]CCC. The number of hydrogen-bond acceptors (Lipinski definition) is 6. The van der Waals surface area contributed by atoms with E-state index in [1.165, 1.54) is 129 Å². The van der Waals surface area contributed by atoms with E-state index < -0.39 is 77.2 Å². The third-order valence-electron chi connectivity index (χ3n) is 8.82. The molecule has 0 N–H and O–H groups in total. The number of carboxylic acid groups (broad SMARTS) is 3. The van der Waals surface area contributed by atoms with Crippen LogP contribution in [0.3, 0.4) is 0 Å². The van der Waals surface area contributed by atoms with E-state index >= 15 is 0 Å². The van der Waals surface area contributed by atoms with E-state index in [2.05, 4.69) is 82.1 Å². The van der Waals surface area contributed by atoms with Crippen LogP contribution in [0.2, 0.25) is 39.9 Å². The summed E-state index contributed by atoms with van der Waals surface area (Å²) in [6.07, 6.45) is 27.3. The second kappa shape index (κ2) is 59.3. The standard InChI is InChI=1S/2C4H6O2.9C4H9.C3H4O2.3Sn/c2*1-3(2)4(5)6;9*1-3-4-2;1-2-3(4)5;;;/h2*1H2,2H3,(H,5,6);9*1,3-4H2,2H3;2H,1H2,(H,4,5);;;/q;;;;;;;;;;;;3*+1/p-3. The first-order chi connectivity index (χ1) is 26.6. The number of unbranched alkanes of at least 4 members (excludes halogenated alkanes) is 9. The Morgan fingerprint density at radius 2 is 0.500 bits per heavy atom. The average Bonchev–Trinajstić information content (AvgIpc) is 3.18. The summed E-state index contributed by atoms with van der Waals surface area (Å²) in [6, 6.07) is 0. The summed E-state index contributed by atoms with van der Waals surface area (Å²) in [6.45, 7) is 32.9. The van der Waals surface area contributed by atoms with Crippen LogP contribution in [0.5, 0.6) is 0 Å². The van der Waals surface area contributed by atoms with E-state index in [9.17, 15) is 19.8 Å². The zero-order chi connectivity index (χ0) is 44.4. The van der Waals surface area contributed by atoms with Gasteiger partial charge >= 0.3 is 277 Å². The summed E-state index contributed by atoms with van der Waals surface area (Å²) in [4.78, 5) is 28.1. The van der Waals surface area contributed by atoms with Crippen LogP contribution in [-0.4, -0.2) is 77.2 Å². The molecule has 0 aromatic heterocycles. The summed E-state index contributed by atoms with van der Waals surface area (Å²) in [7, 11) is 0. The molecular formula is C47H94O6Sn3. The number of hydrogen-bond donors (Lipinski definition) is 0. The fraction of sp³-hybridized carbons (Fsp3) is 0.809. The summed E-state index contributed by atoms with van der Waals surface area (Å²) < 4.78 is 15.1. The Balaban J connectivity index is -0.000000139. The molecule has 0 spiro atoms. The van der Waals surface area contributed by atoms with Gasteiger partial charge in [-0.2, -0.15) is 0 Å². The van der Waals surface area contributed by atoms with Crippen LogP contribution in [0.4, 0.5) is 0 Å². The topological polar surface area (TPSA) is 120 Å². The van der Waals surface area contributed by atoms with Crippen molar-refractivity contribution in [2.75, 3.05) is 0 Å². The van der Waals surface area contributed by atoms with Gasteiger partial charge in [0.1, 0.15) is 0 Å². The van der Waals surface area contributed by atoms with Crippen molar-refractivity contribution < 1.29 is 29.7 Å². The Morgan fingerprint density at radius 3 is 0.554 bits per heavy atom. The zero-order valence-corrected chi connectivity index (χ0v) is 47.8. The normalized spacial score (nSPS) is 9.41. The van der Waals surface area contributed by atoms with E-state index in [1.54, 1.807) is 39.9 Å². The van der Waals surface area contributed by atoms with Crippen LogP contribution in [0, 0.1) is 0 Å². The molecule has 0 unspecified atom stereocenters. The molecule has 0 radical (unpaired) electrons. The number of aliphatic carboxylic acids is 3. The molecule has 0 aromatic rings. The number of carboxylic acids is 3. The Hall–Kier alpha value is 0.0261. The van der Waals surface area contributed by atoms with Gasteiger partial charge in [0.15, 0.2) is 0 Å². The van der Waals surface area contributed by atoms with E-state index in [4.69, 9.17) is 9.90 Å². The zero-order valence-electron chi connectivity index (χ0n) is 39.2. The van der Waals surface area contributed by atoms with Crippen LogP contribution in [0.25, 0.3) is 0 Å². The maximum absolute atomic E-state index is 9.49. The van der Waals surface area contributed by atoms with Gasteiger partial charge in [-0.1, -0.05) is 19.7 Å². The van der Waals surface area contributed by atoms with E-state index in [1.807, 2.05) is 0 Å². The number of carbonyl (C=O) groups is 3. The van der Waals surface area contributed by atoms with E-state index in [0.29, 0.717) is 0 Å². The van der Waals surface area contributed by atoms with Gasteiger partial charge in [0.2, 0.25) is 0 Å². The van der Waals surface area contributed by atoms with Gasteiger partial charge in [-0.15, -0.1) is 0 Å². The third kappa shape index (κ3) is 71.7. The summed E-state index contributed by atoms with van der Waals surface area (Å²) in [5, 5.41) is 28.1. The van der Waals surface area contributed by atoms with Crippen LogP contribution in [0.1, 0.15) is 192 Å². The second-order valence-electron chi connectivity index (χ2n) is 14.8. The summed E-state index contributed by atoms with van der Waals surface area (Å²) >= 11 is -2.52. The number of carbonyl (C=O) groups excluding carboxylic acids is 3. The Bertz CT molecular complexity index is 703. The maximum atomic E-state index is 9.49. The van der Waals surface area contributed by atoms with Crippen molar-refractivity contribution >= 4 is 77.2 Å². The molecule has 0 aromatic carbocycles. The molecule has 6 nitrogen and oxygen atoms in total. The number of rotatable bonds is 30. The van der Waals surface area contributed by atoms with Gasteiger partial charge < -0.3 is 29.7 Å². The molecule has 330 valence electrons. The minimum absolute atomic E-state index is 0.0648. The van der Waals surface area contributed by atoms with Crippen molar-refractivity contribution in [2.24, 2.45) is 0 Å². The molecule has 0 aliphatic heterocycles. The molecule has 9 heteroatoms. The molecule has 0 saturated heterocycles. The van der Waals surface area contributed by atoms with Crippen molar-refractivity contribution in [3.05, 3.63) is 37.0 Å². The van der Waals surface area contributed by atoms with Crippen LogP contribution >= 0.6 is 0 Å². The molecule has 0 rings (SSSR count). The molecule has 0 fully saturated rings. The van der Waals surface area contributed by atoms with Crippen LogP contribution in [0.15, 0.2) is 37.0 Å².